The first kappa shape index (κ1) is 22.8. The summed E-state index contributed by atoms with van der Waals surface area (Å²) >= 11 is 0. The normalized spacial score (nSPS) is 17.8. The zero-order valence-electron chi connectivity index (χ0n) is 18.3. The molecule has 1 atom stereocenters. The molecule has 1 N–H and O–H groups in total. The minimum absolute atomic E-state index is 0.0248. The molecule has 28 heavy (non-hydrogen) atoms. The molecular formula is C20H35N3O4Si. The van der Waals surface area contributed by atoms with Gasteiger partial charge >= 0.3 is 0 Å². The number of ketones is 1. The molecule has 0 spiro atoms. The van der Waals surface area contributed by atoms with Gasteiger partial charge in [-0.15, -0.1) is 0 Å². The number of aromatic nitrogens is 2. The molecule has 158 valence electrons. The van der Waals surface area contributed by atoms with Crippen LogP contribution in [0.5, 0.6) is 0 Å². The highest BCUT2D eigenvalue weighted by Crippen LogP contribution is 2.36. The largest absolute Gasteiger partial charge is 0.415 e. The number of H-pyrrole nitrogens is 1. The van der Waals surface area contributed by atoms with Crippen molar-refractivity contribution in [2.45, 2.75) is 71.1 Å². The van der Waals surface area contributed by atoms with Gasteiger partial charge in [0.2, 0.25) is 5.91 Å². The number of likely N-dealkylation sites (tertiary alicyclic amines) is 1. The fourth-order valence-electron chi connectivity index (χ4n) is 3.13. The van der Waals surface area contributed by atoms with E-state index in [4.69, 9.17) is 9.16 Å². The summed E-state index contributed by atoms with van der Waals surface area (Å²) < 4.78 is 11.3. The maximum Gasteiger partial charge on any atom is 0.225 e. The summed E-state index contributed by atoms with van der Waals surface area (Å²) in [6.45, 7) is 14.5. The van der Waals surface area contributed by atoms with Gasteiger partial charge in [0, 0.05) is 43.8 Å². The van der Waals surface area contributed by atoms with E-state index >= 15 is 0 Å². The van der Waals surface area contributed by atoms with Crippen molar-refractivity contribution in [2.75, 3.05) is 26.9 Å². The Bertz CT molecular complexity index is 709. The number of Topliss-reactive ketones (excluding diaryl/α,β-unsaturated/α-hetero) is 1. The number of methoxy groups -OCH3 is 1. The zero-order chi connectivity index (χ0) is 21.1. The Kier molecular flexibility index (Phi) is 7.22. The van der Waals surface area contributed by atoms with Gasteiger partial charge in [0.25, 0.3) is 0 Å². The molecule has 1 aromatic rings. The fourth-order valence-corrected chi connectivity index (χ4v) is 4.16. The van der Waals surface area contributed by atoms with Crippen molar-refractivity contribution in [3.63, 3.8) is 0 Å². The van der Waals surface area contributed by atoms with E-state index in [1.807, 2.05) is 6.92 Å². The molecule has 1 aliphatic rings. The third kappa shape index (κ3) is 5.10. The molecule has 1 fully saturated rings. The predicted octanol–water partition coefficient (Wildman–Crippen LogP) is 3.10. The summed E-state index contributed by atoms with van der Waals surface area (Å²) in [5.41, 5.74) is 2.28. The highest BCUT2D eigenvalue weighted by Gasteiger charge is 2.40. The van der Waals surface area contributed by atoms with Gasteiger partial charge in [0.15, 0.2) is 14.1 Å². The topological polar surface area (TPSA) is 84.5 Å². The number of hydrogen-bond acceptors (Lipinski definition) is 5. The average molecular weight is 410 g/mol. The Balaban J connectivity index is 1.92. The van der Waals surface area contributed by atoms with Crippen LogP contribution in [0.25, 0.3) is 0 Å². The van der Waals surface area contributed by atoms with Gasteiger partial charge in [-0.25, -0.2) is 0 Å². The van der Waals surface area contributed by atoms with Gasteiger partial charge in [-0.2, -0.15) is 5.10 Å². The summed E-state index contributed by atoms with van der Waals surface area (Å²) in [4.78, 5) is 26.6. The molecule has 1 aromatic heterocycles. The van der Waals surface area contributed by atoms with E-state index in [1.54, 1.807) is 12.0 Å². The highest BCUT2D eigenvalue weighted by atomic mass is 28.4. The SMILES string of the molecule is COCCc1c(C(=O)C[C@@H]2CC(=O)N2CCO[Si](C)(C)C(C)(C)C)n[nH]c1C. The first-order valence-electron chi connectivity index (χ1n) is 9.97. The number of nitrogens with zero attached hydrogens (tertiary/aromatic N) is 2. The van der Waals surface area contributed by atoms with E-state index in [0.717, 1.165) is 11.3 Å². The zero-order valence-corrected chi connectivity index (χ0v) is 19.3. The van der Waals surface area contributed by atoms with Gasteiger partial charge in [-0.05, 0) is 31.5 Å². The lowest BCUT2D eigenvalue weighted by Crippen LogP contribution is -2.55. The number of rotatable bonds is 10. The molecule has 2 rings (SSSR count). The maximum atomic E-state index is 12.8. The van der Waals surface area contributed by atoms with E-state index < -0.39 is 8.32 Å². The number of hydrogen-bond donors (Lipinski definition) is 1. The molecule has 1 amide bonds. The van der Waals surface area contributed by atoms with E-state index in [-0.39, 0.29) is 22.8 Å². The van der Waals surface area contributed by atoms with Crippen molar-refractivity contribution in [3.05, 3.63) is 17.0 Å². The van der Waals surface area contributed by atoms with Crippen molar-refractivity contribution in [1.82, 2.24) is 15.1 Å². The van der Waals surface area contributed by atoms with Crippen LogP contribution >= 0.6 is 0 Å². The van der Waals surface area contributed by atoms with Gasteiger partial charge in [0.05, 0.1) is 13.2 Å². The molecule has 0 saturated carbocycles. The lowest BCUT2D eigenvalue weighted by atomic mass is 9.94. The standard InChI is InChI=1S/C20H35N3O4Si/c1-14-16(8-10-26-5)19(22-21-14)17(24)12-15-13-18(25)23(15)9-11-27-28(6,7)20(2,3)4/h15H,8-13H2,1-7H3,(H,21,22)/t15-/m1/s1. The Morgan fingerprint density at radius 1 is 1.32 bits per heavy atom. The lowest BCUT2D eigenvalue weighted by molar-refractivity contribution is -0.146. The van der Waals surface area contributed by atoms with Crippen molar-refractivity contribution in [3.8, 4) is 0 Å². The van der Waals surface area contributed by atoms with Gasteiger partial charge < -0.3 is 14.1 Å². The molecule has 1 aliphatic heterocycles. The Morgan fingerprint density at radius 2 is 2.00 bits per heavy atom. The molecule has 7 nitrogen and oxygen atoms in total. The Labute approximate surface area is 169 Å². The molecule has 0 radical (unpaired) electrons. The van der Waals surface area contributed by atoms with Crippen molar-refractivity contribution < 1.29 is 18.8 Å². The quantitative estimate of drug-likeness (QED) is 0.365. The van der Waals surface area contributed by atoms with Crippen LogP contribution in [-0.4, -0.2) is 68.0 Å². The number of amides is 1. The van der Waals surface area contributed by atoms with Crippen LogP contribution in [0.2, 0.25) is 18.1 Å². The summed E-state index contributed by atoms with van der Waals surface area (Å²) in [5.74, 6) is 0.0673. The van der Waals surface area contributed by atoms with E-state index in [1.165, 1.54) is 0 Å². The number of carbonyl (C=O) groups excluding carboxylic acids is 2. The number of aromatic amines is 1. The molecule has 0 bridgehead atoms. The van der Waals surface area contributed by atoms with E-state index in [0.29, 0.717) is 44.7 Å². The Morgan fingerprint density at radius 3 is 2.57 bits per heavy atom. The van der Waals surface area contributed by atoms with Crippen molar-refractivity contribution in [2.24, 2.45) is 0 Å². The first-order chi connectivity index (χ1) is 13.0. The first-order valence-corrected chi connectivity index (χ1v) is 12.9. The number of carbonyl (C=O) groups is 2. The van der Waals surface area contributed by atoms with Crippen LogP contribution in [0.1, 0.15) is 55.4 Å². The van der Waals surface area contributed by atoms with Crippen LogP contribution in [0.4, 0.5) is 0 Å². The molecule has 0 aliphatic carbocycles. The second-order valence-electron chi connectivity index (χ2n) is 9.10. The van der Waals surface area contributed by atoms with Gasteiger partial charge in [-0.1, -0.05) is 20.8 Å². The van der Waals surface area contributed by atoms with Crippen molar-refractivity contribution >= 4 is 20.0 Å². The summed E-state index contributed by atoms with van der Waals surface area (Å²) in [5, 5.41) is 7.23. The molecule has 0 unspecified atom stereocenters. The Hall–Kier alpha value is -1.51. The second kappa shape index (κ2) is 8.88. The van der Waals surface area contributed by atoms with Crippen LogP contribution in [0.15, 0.2) is 0 Å². The summed E-state index contributed by atoms with van der Waals surface area (Å²) in [7, 11) is -0.198. The van der Waals surface area contributed by atoms with E-state index in [2.05, 4.69) is 44.1 Å². The summed E-state index contributed by atoms with van der Waals surface area (Å²) in [6.07, 6.45) is 1.37. The highest BCUT2D eigenvalue weighted by molar-refractivity contribution is 6.74. The number of nitrogens with one attached hydrogen (secondary N) is 1. The van der Waals surface area contributed by atoms with Gasteiger partial charge in [0.1, 0.15) is 5.69 Å². The molecule has 1 saturated heterocycles. The maximum absolute atomic E-state index is 12.8. The van der Waals surface area contributed by atoms with Gasteiger partial charge in [-0.3, -0.25) is 14.7 Å². The van der Waals surface area contributed by atoms with Crippen LogP contribution in [0.3, 0.4) is 0 Å². The smallest absolute Gasteiger partial charge is 0.225 e. The summed E-state index contributed by atoms with van der Waals surface area (Å²) in [6, 6.07) is -0.0599. The second-order valence-corrected chi connectivity index (χ2v) is 13.9. The molecule has 0 aromatic carbocycles. The van der Waals surface area contributed by atoms with Crippen LogP contribution in [-0.2, 0) is 20.4 Å². The third-order valence-electron chi connectivity index (χ3n) is 6.09. The van der Waals surface area contributed by atoms with E-state index in [9.17, 15) is 9.59 Å². The molecule has 8 heteroatoms. The lowest BCUT2D eigenvalue weighted by Gasteiger charge is -2.42. The average Bonchev–Trinajstić information content (AvgIpc) is 2.96. The van der Waals surface area contributed by atoms with Crippen molar-refractivity contribution in [1.29, 1.82) is 0 Å². The minimum atomic E-state index is -1.84. The van der Waals surface area contributed by atoms with Crippen LogP contribution in [0, 0.1) is 6.92 Å². The predicted molar refractivity (Wildman–Crippen MR) is 111 cm³/mol. The molecule has 2 heterocycles. The minimum Gasteiger partial charge on any atom is -0.415 e. The number of β-lactam (4-membered cyclic amide) rings is 1. The fraction of sp³-hybridized carbons (Fsp3) is 0.750. The third-order valence-corrected chi connectivity index (χ3v) is 10.6. The van der Waals surface area contributed by atoms with Crippen LogP contribution < -0.4 is 0 Å². The number of ether oxygens (including phenoxy) is 1. The number of aryl methyl sites for hydroxylation is 1. The monoisotopic (exact) mass is 409 g/mol. The molecular weight excluding hydrogens is 374 g/mol.